The summed E-state index contributed by atoms with van der Waals surface area (Å²) in [6.45, 7) is 0.200. The van der Waals surface area contributed by atoms with E-state index in [0.29, 0.717) is 22.4 Å². The van der Waals surface area contributed by atoms with Crippen LogP contribution in [0.5, 0.6) is 5.75 Å². The maximum atomic E-state index is 12.4. The average Bonchev–Trinajstić information content (AvgIpc) is 3.42. The van der Waals surface area contributed by atoms with E-state index in [2.05, 4.69) is 25.6 Å². The molecule has 1 amide bonds. The topological polar surface area (TPSA) is 97.7 Å². The molecular weight excluding hydrogens is 392 g/mol. The third-order valence-electron chi connectivity index (χ3n) is 4.19. The standard InChI is InChI=1S/C20H17ClN6O2/c1-29-16-7-5-13(6-8-16)19-23-18(24-25-19)12-22-20(28)17-9-10-27(26-17)15-4-2-3-14(21)11-15/h2-11H,12H2,1H3,(H,22,28)(H,23,24,25). The van der Waals surface area contributed by atoms with E-state index in [1.165, 1.54) is 0 Å². The summed E-state index contributed by atoms with van der Waals surface area (Å²) in [5.74, 6) is 1.53. The van der Waals surface area contributed by atoms with Crippen LogP contribution >= 0.6 is 11.6 Å². The van der Waals surface area contributed by atoms with Crippen molar-refractivity contribution in [2.75, 3.05) is 7.11 Å². The Hall–Kier alpha value is -3.65. The molecule has 29 heavy (non-hydrogen) atoms. The normalized spacial score (nSPS) is 10.7. The molecule has 4 rings (SSSR count). The summed E-state index contributed by atoms with van der Waals surface area (Å²) < 4.78 is 6.74. The molecule has 2 heterocycles. The van der Waals surface area contributed by atoms with E-state index < -0.39 is 0 Å². The molecule has 0 spiro atoms. The van der Waals surface area contributed by atoms with Crippen molar-refractivity contribution >= 4 is 17.5 Å². The highest BCUT2D eigenvalue weighted by molar-refractivity contribution is 6.30. The monoisotopic (exact) mass is 408 g/mol. The summed E-state index contributed by atoms with van der Waals surface area (Å²) in [5, 5.41) is 14.7. The lowest BCUT2D eigenvalue weighted by Crippen LogP contribution is -2.24. The van der Waals surface area contributed by atoms with E-state index in [1.54, 1.807) is 36.2 Å². The molecule has 9 heteroatoms. The highest BCUT2D eigenvalue weighted by Crippen LogP contribution is 2.19. The zero-order valence-electron chi connectivity index (χ0n) is 15.5. The van der Waals surface area contributed by atoms with E-state index in [1.807, 2.05) is 36.4 Å². The number of hydrogen-bond donors (Lipinski definition) is 2. The Bertz CT molecular complexity index is 1140. The Kier molecular flexibility index (Phi) is 5.26. The molecule has 0 saturated heterocycles. The van der Waals surface area contributed by atoms with Gasteiger partial charge in [0.15, 0.2) is 11.5 Å². The quantitative estimate of drug-likeness (QED) is 0.510. The molecule has 0 saturated carbocycles. The lowest BCUT2D eigenvalue weighted by molar-refractivity contribution is 0.0944. The van der Waals surface area contributed by atoms with Gasteiger partial charge in [0.2, 0.25) is 0 Å². The van der Waals surface area contributed by atoms with E-state index in [-0.39, 0.29) is 12.5 Å². The molecule has 2 aromatic heterocycles. The predicted octanol–water partition coefficient (Wildman–Crippen LogP) is 3.25. The number of nitrogens with one attached hydrogen (secondary N) is 2. The fraction of sp³-hybridized carbons (Fsp3) is 0.100. The van der Waals surface area contributed by atoms with Crippen LogP contribution in [-0.2, 0) is 6.54 Å². The summed E-state index contributed by atoms with van der Waals surface area (Å²) in [4.78, 5) is 16.8. The number of nitrogens with zero attached hydrogens (tertiary/aromatic N) is 4. The first-order valence-electron chi connectivity index (χ1n) is 8.78. The average molecular weight is 409 g/mol. The van der Waals surface area contributed by atoms with Crippen molar-refractivity contribution in [3.05, 3.63) is 77.3 Å². The van der Waals surface area contributed by atoms with Gasteiger partial charge in [0, 0.05) is 16.8 Å². The number of ether oxygens (including phenoxy) is 1. The zero-order valence-corrected chi connectivity index (χ0v) is 16.2. The number of amides is 1. The maximum Gasteiger partial charge on any atom is 0.272 e. The van der Waals surface area contributed by atoms with Gasteiger partial charge < -0.3 is 10.1 Å². The molecule has 0 bridgehead atoms. The van der Waals surface area contributed by atoms with Gasteiger partial charge in [-0.3, -0.25) is 9.89 Å². The van der Waals surface area contributed by atoms with Crippen molar-refractivity contribution in [2.45, 2.75) is 6.54 Å². The van der Waals surface area contributed by atoms with Crippen molar-refractivity contribution < 1.29 is 9.53 Å². The highest BCUT2D eigenvalue weighted by atomic mass is 35.5. The first kappa shape index (κ1) is 18.7. The minimum absolute atomic E-state index is 0.200. The Labute approximate surface area is 171 Å². The second kappa shape index (κ2) is 8.15. The van der Waals surface area contributed by atoms with Gasteiger partial charge in [-0.15, -0.1) is 0 Å². The fourth-order valence-electron chi connectivity index (χ4n) is 2.71. The number of H-pyrrole nitrogens is 1. The van der Waals surface area contributed by atoms with Crippen molar-refractivity contribution in [2.24, 2.45) is 0 Å². The van der Waals surface area contributed by atoms with Gasteiger partial charge in [-0.1, -0.05) is 17.7 Å². The minimum Gasteiger partial charge on any atom is -0.497 e. The SMILES string of the molecule is COc1ccc(-c2n[nH]c(CNC(=O)c3ccn(-c4cccc(Cl)c4)n3)n2)cc1. The molecule has 0 aliphatic heterocycles. The van der Waals surface area contributed by atoms with Gasteiger partial charge in [0.05, 0.1) is 19.3 Å². The van der Waals surface area contributed by atoms with E-state index in [9.17, 15) is 4.79 Å². The summed E-state index contributed by atoms with van der Waals surface area (Å²) in [6.07, 6.45) is 1.71. The summed E-state index contributed by atoms with van der Waals surface area (Å²) in [5.41, 5.74) is 1.91. The van der Waals surface area contributed by atoms with Crippen molar-refractivity contribution in [1.29, 1.82) is 0 Å². The van der Waals surface area contributed by atoms with Crippen LogP contribution in [0, 0.1) is 0 Å². The molecule has 0 fully saturated rings. The predicted molar refractivity (Wildman–Crippen MR) is 108 cm³/mol. The van der Waals surface area contributed by atoms with Crippen molar-refractivity contribution in [1.82, 2.24) is 30.3 Å². The number of methoxy groups -OCH3 is 1. The van der Waals surface area contributed by atoms with E-state index in [0.717, 1.165) is 17.0 Å². The molecule has 0 aliphatic rings. The molecular formula is C20H17ClN6O2. The molecule has 2 N–H and O–H groups in total. The lowest BCUT2D eigenvalue weighted by atomic mass is 10.2. The van der Waals surface area contributed by atoms with Gasteiger partial charge >= 0.3 is 0 Å². The summed E-state index contributed by atoms with van der Waals surface area (Å²) in [7, 11) is 1.61. The third kappa shape index (κ3) is 4.27. The number of rotatable bonds is 6. The number of carbonyl (C=O) groups is 1. The molecule has 0 radical (unpaired) electrons. The second-order valence-electron chi connectivity index (χ2n) is 6.14. The fourth-order valence-corrected chi connectivity index (χ4v) is 2.89. The summed E-state index contributed by atoms with van der Waals surface area (Å²) in [6, 6.07) is 16.3. The lowest BCUT2D eigenvalue weighted by Gasteiger charge is -2.02. The third-order valence-corrected chi connectivity index (χ3v) is 4.43. The van der Waals surface area contributed by atoms with Crippen LogP contribution in [0.15, 0.2) is 60.8 Å². The largest absolute Gasteiger partial charge is 0.497 e. The van der Waals surface area contributed by atoms with Crippen LogP contribution in [0.2, 0.25) is 5.02 Å². The number of hydrogen-bond acceptors (Lipinski definition) is 5. The Morgan fingerprint density at radius 1 is 1.21 bits per heavy atom. The Morgan fingerprint density at radius 2 is 2.03 bits per heavy atom. The van der Waals surface area contributed by atoms with E-state index in [4.69, 9.17) is 16.3 Å². The second-order valence-corrected chi connectivity index (χ2v) is 6.58. The Balaban J connectivity index is 1.39. The maximum absolute atomic E-state index is 12.4. The molecule has 2 aromatic carbocycles. The smallest absolute Gasteiger partial charge is 0.272 e. The van der Waals surface area contributed by atoms with Gasteiger partial charge in [0.25, 0.3) is 5.91 Å². The highest BCUT2D eigenvalue weighted by Gasteiger charge is 2.12. The number of carbonyl (C=O) groups excluding carboxylic acids is 1. The molecule has 0 atom stereocenters. The number of aromatic amines is 1. The minimum atomic E-state index is -0.312. The zero-order chi connectivity index (χ0) is 20.2. The van der Waals surface area contributed by atoms with Crippen LogP contribution in [0.4, 0.5) is 0 Å². The number of benzene rings is 2. The summed E-state index contributed by atoms with van der Waals surface area (Å²) >= 11 is 6.00. The van der Waals surface area contributed by atoms with Crippen LogP contribution in [-0.4, -0.2) is 38.0 Å². The molecule has 0 unspecified atom stereocenters. The van der Waals surface area contributed by atoms with Gasteiger partial charge in [-0.2, -0.15) is 10.2 Å². The van der Waals surface area contributed by atoms with E-state index >= 15 is 0 Å². The first-order chi connectivity index (χ1) is 14.1. The van der Waals surface area contributed by atoms with Crippen LogP contribution in [0.1, 0.15) is 16.3 Å². The molecule has 0 aliphatic carbocycles. The van der Waals surface area contributed by atoms with Gasteiger partial charge in [0.1, 0.15) is 11.6 Å². The molecule has 8 nitrogen and oxygen atoms in total. The van der Waals surface area contributed by atoms with Crippen LogP contribution in [0.25, 0.3) is 17.1 Å². The van der Waals surface area contributed by atoms with Gasteiger partial charge in [-0.25, -0.2) is 9.67 Å². The Morgan fingerprint density at radius 3 is 2.79 bits per heavy atom. The number of aromatic nitrogens is 5. The number of halogens is 1. The van der Waals surface area contributed by atoms with Crippen LogP contribution in [0.3, 0.4) is 0 Å². The molecule has 146 valence electrons. The van der Waals surface area contributed by atoms with Crippen molar-refractivity contribution in [3.63, 3.8) is 0 Å². The van der Waals surface area contributed by atoms with Crippen LogP contribution < -0.4 is 10.1 Å². The molecule has 4 aromatic rings. The van der Waals surface area contributed by atoms with Crippen molar-refractivity contribution in [3.8, 4) is 22.8 Å². The van der Waals surface area contributed by atoms with Gasteiger partial charge in [-0.05, 0) is 48.5 Å². The first-order valence-corrected chi connectivity index (χ1v) is 9.16.